The second kappa shape index (κ2) is 5.51. The average Bonchev–Trinajstić information content (AvgIpc) is 2.20. The van der Waals surface area contributed by atoms with E-state index in [-0.39, 0.29) is 17.0 Å². The lowest BCUT2D eigenvalue weighted by atomic mass is 9.98. The molecule has 88 valence electrons. The number of benzene rings is 1. The van der Waals surface area contributed by atoms with E-state index in [1.165, 1.54) is 12.1 Å². The van der Waals surface area contributed by atoms with Gasteiger partial charge >= 0.3 is 0 Å². The van der Waals surface area contributed by atoms with Gasteiger partial charge in [0.2, 0.25) is 0 Å². The minimum absolute atomic E-state index is 0.0142. The fraction of sp³-hybridized carbons (Fsp3) is 0.455. The van der Waals surface area contributed by atoms with Gasteiger partial charge in [-0.15, -0.1) is 11.6 Å². The summed E-state index contributed by atoms with van der Waals surface area (Å²) >= 11 is 11.9. The largest absolute Gasteiger partial charge is 0.270 e. The van der Waals surface area contributed by atoms with Gasteiger partial charge in [-0.05, 0) is 24.8 Å². The van der Waals surface area contributed by atoms with E-state index >= 15 is 0 Å². The smallest absolute Gasteiger partial charge is 0.258 e. The molecule has 16 heavy (non-hydrogen) atoms. The number of rotatable bonds is 4. The molecule has 0 radical (unpaired) electrons. The number of nitrogens with zero attached hydrogens (tertiary/aromatic N) is 1. The van der Waals surface area contributed by atoms with Crippen LogP contribution in [0.25, 0.3) is 0 Å². The molecule has 0 bridgehead atoms. The van der Waals surface area contributed by atoms with Gasteiger partial charge in [-0.2, -0.15) is 0 Å². The van der Waals surface area contributed by atoms with Crippen LogP contribution in [-0.4, -0.2) is 10.3 Å². The molecule has 2 atom stereocenters. The summed E-state index contributed by atoms with van der Waals surface area (Å²) in [6, 6.07) is 4.53. The Hall–Kier alpha value is -0.800. The minimum atomic E-state index is -0.455. The van der Waals surface area contributed by atoms with Crippen LogP contribution in [0.3, 0.4) is 0 Å². The molecule has 1 aromatic rings. The number of alkyl halides is 1. The molecule has 5 heteroatoms. The summed E-state index contributed by atoms with van der Waals surface area (Å²) in [6.45, 7) is 3.95. The maximum absolute atomic E-state index is 10.5. The zero-order valence-electron chi connectivity index (χ0n) is 9.11. The van der Waals surface area contributed by atoms with Crippen LogP contribution in [0.4, 0.5) is 5.69 Å². The molecule has 0 aliphatic rings. The third-order valence-corrected chi connectivity index (χ3v) is 3.36. The van der Waals surface area contributed by atoms with Crippen molar-refractivity contribution in [1.29, 1.82) is 0 Å². The minimum Gasteiger partial charge on any atom is -0.258 e. The summed E-state index contributed by atoms with van der Waals surface area (Å²) < 4.78 is 0. The molecular weight excluding hydrogens is 249 g/mol. The van der Waals surface area contributed by atoms with E-state index in [1.807, 2.05) is 13.8 Å². The predicted molar refractivity (Wildman–Crippen MR) is 66.3 cm³/mol. The van der Waals surface area contributed by atoms with Gasteiger partial charge in [0.15, 0.2) is 0 Å². The van der Waals surface area contributed by atoms with Gasteiger partial charge in [0.05, 0.1) is 9.95 Å². The molecule has 2 unspecified atom stereocenters. The molecule has 0 fully saturated rings. The number of nitro benzene ring substituents is 1. The summed E-state index contributed by atoms with van der Waals surface area (Å²) in [5.41, 5.74) is 0.910. The molecule has 0 aromatic heterocycles. The van der Waals surface area contributed by atoms with Gasteiger partial charge in [-0.25, -0.2) is 0 Å². The highest BCUT2D eigenvalue weighted by molar-refractivity contribution is 6.31. The zero-order chi connectivity index (χ0) is 12.3. The van der Waals surface area contributed by atoms with Crippen LogP contribution in [0.15, 0.2) is 18.2 Å². The predicted octanol–water partition coefficient (Wildman–Crippen LogP) is 4.05. The van der Waals surface area contributed by atoms with E-state index in [4.69, 9.17) is 23.2 Å². The Morgan fingerprint density at radius 2 is 2.06 bits per heavy atom. The first kappa shape index (κ1) is 13.3. The molecule has 0 heterocycles. The monoisotopic (exact) mass is 261 g/mol. The maximum Gasteiger partial charge on any atom is 0.270 e. The first-order valence-electron chi connectivity index (χ1n) is 4.98. The highest BCUT2D eigenvalue weighted by Gasteiger charge is 2.14. The van der Waals surface area contributed by atoms with Crippen molar-refractivity contribution in [2.45, 2.75) is 25.6 Å². The van der Waals surface area contributed by atoms with Gasteiger partial charge in [0.1, 0.15) is 0 Å². The average molecular weight is 262 g/mol. The van der Waals surface area contributed by atoms with Crippen LogP contribution in [0.5, 0.6) is 0 Å². The lowest BCUT2D eigenvalue weighted by molar-refractivity contribution is -0.384. The first-order chi connectivity index (χ1) is 7.41. The van der Waals surface area contributed by atoms with Crippen molar-refractivity contribution < 1.29 is 4.92 Å². The Morgan fingerprint density at radius 1 is 1.44 bits per heavy atom. The molecule has 0 saturated heterocycles. The van der Waals surface area contributed by atoms with E-state index in [1.54, 1.807) is 6.07 Å². The van der Waals surface area contributed by atoms with Crippen LogP contribution in [0.2, 0.25) is 5.02 Å². The van der Waals surface area contributed by atoms with Crippen molar-refractivity contribution in [3.05, 3.63) is 38.9 Å². The van der Waals surface area contributed by atoms with Gasteiger partial charge < -0.3 is 0 Å². The van der Waals surface area contributed by atoms with Gasteiger partial charge in [-0.3, -0.25) is 10.1 Å². The Kier molecular flexibility index (Phi) is 4.56. The fourth-order valence-electron chi connectivity index (χ4n) is 1.32. The van der Waals surface area contributed by atoms with Crippen molar-refractivity contribution in [3.8, 4) is 0 Å². The van der Waals surface area contributed by atoms with Gasteiger partial charge in [0.25, 0.3) is 5.69 Å². The lowest BCUT2D eigenvalue weighted by Gasteiger charge is -2.14. The van der Waals surface area contributed by atoms with E-state index in [9.17, 15) is 10.1 Å². The second-order valence-electron chi connectivity index (χ2n) is 3.89. The third kappa shape index (κ3) is 3.35. The van der Waals surface area contributed by atoms with Crippen LogP contribution in [0.1, 0.15) is 19.4 Å². The molecule has 0 aliphatic heterocycles. The summed E-state index contributed by atoms with van der Waals surface area (Å²) in [6.07, 6.45) is 0.724. The normalized spacial score (nSPS) is 14.5. The molecule has 3 nitrogen and oxygen atoms in total. The van der Waals surface area contributed by atoms with Crippen molar-refractivity contribution in [3.63, 3.8) is 0 Å². The maximum atomic E-state index is 10.5. The molecule has 1 rings (SSSR count). The van der Waals surface area contributed by atoms with Crippen LogP contribution >= 0.6 is 23.2 Å². The van der Waals surface area contributed by atoms with E-state index in [0.29, 0.717) is 5.02 Å². The fourth-order valence-corrected chi connectivity index (χ4v) is 1.67. The topological polar surface area (TPSA) is 43.1 Å². The zero-order valence-corrected chi connectivity index (χ0v) is 10.6. The number of hydrogen-bond acceptors (Lipinski definition) is 2. The van der Waals surface area contributed by atoms with Gasteiger partial charge in [-0.1, -0.05) is 24.6 Å². The molecule has 0 spiro atoms. The standard InChI is InChI=1S/C11H13Cl2NO2/c1-7(8(2)12)5-9-3-4-10(14(15)16)6-11(9)13/h3-4,6-8H,5H2,1-2H3. The Labute approximate surface area is 105 Å². The molecular formula is C11H13Cl2NO2. The lowest BCUT2D eigenvalue weighted by Crippen LogP contribution is -2.10. The van der Waals surface area contributed by atoms with Gasteiger partial charge in [0, 0.05) is 17.5 Å². The molecule has 1 aromatic carbocycles. The summed E-state index contributed by atoms with van der Waals surface area (Å²) in [5, 5.41) is 11.0. The van der Waals surface area contributed by atoms with Crippen molar-refractivity contribution in [1.82, 2.24) is 0 Å². The number of non-ortho nitro benzene ring substituents is 1. The number of nitro groups is 1. The summed E-state index contributed by atoms with van der Waals surface area (Å²) in [7, 11) is 0. The Bertz CT molecular complexity index is 394. The molecule has 0 N–H and O–H groups in total. The van der Waals surface area contributed by atoms with E-state index in [0.717, 1.165) is 12.0 Å². The van der Waals surface area contributed by atoms with E-state index in [2.05, 4.69) is 0 Å². The van der Waals surface area contributed by atoms with Crippen molar-refractivity contribution in [2.24, 2.45) is 5.92 Å². The third-order valence-electron chi connectivity index (χ3n) is 2.57. The van der Waals surface area contributed by atoms with Crippen LogP contribution in [0, 0.1) is 16.0 Å². The second-order valence-corrected chi connectivity index (χ2v) is 4.99. The highest BCUT2D eigenvalue weighted by Crippen LogP contribution is 2.26. The SMILES string of the molecule is CC(Cl)C(C)Cc1ccc([N+](=O)[O-])cc1Cl. The molecule has 0 saturated carbocycles. The number of hydrogen-bond donors (Lipinski definition) is 0. The summed E-state index contributed by atoms with van der Waals surface area (Å²) in [4.78, 5) is 10.1. The Morgan fingerprint density at radius 3 is 2.50 bits per heavy atom. The summed E-state index contributed by atoms with van der Waals surface area (Å²) in [5.74, 6) is 0.278. The van der Waals surface area contributed by atoms with Crippen LogP contribution in [-0.2, 0) is 6.42 Å². The first-order valence-corrected chi connectivity index (χ1v) is 5.80. The van der Waals surface area contributed by atoms with E-state index < -0.39 is 4.92 Å². The number of halogens is 2. The quantitative estimate of drug-likeness (QED) is 0.466. The highest BCUT2D eigenvalue weighted by atomic mass is 35.5. The Balaban J connectivity index is 2.87. The van der Waals surface area contributed by atoms with Crippen LogP contribution < -0.4 is 0 Å². The molecule has 0 amide bonds. The molecule has 0 aliphatic carbocycles. The van der Waals surface area contributed by atoms with Crippen molar-refractivity contribution >= 4 is 28.9 Å². The van der Waals surface area contributed by atoms with Crippen molar-refractivity contribution in [2.75, 3.05) is 0 Å².